The van der Waals surface area contributed by atoms with Gasteiger partial charge in [-0.25, -0.2) is 0 Å². The molecule has 0 bridgehead atoms. The molecule has 1 amide bonds. The zero-order valence-corrected chi connectivity index (χ0v) is 13.6. The Kier molecular flexibility index (Phi) is 5.21. The van der Waals surface area contributed by atoms with Crippen molar-refractivity contribution in [2.75, 3.05) is 13.4 Å². The van der Waals surface area contributed by atoms with E-state index in [1.54, 1.807) is 12.3 Å². The van der Waals surface area contributed by atoms with Crippen molar-refractivity contribution < 1.29 is 19.2 Å². The summed E-state index contributed by atoms with van der Waals surface area (Å²) < 4.78 is 4.67. The summed E-state index contributed by atoms with van der Waals surface area (Å²) >= 11 is 1.12. The number of ether oxygens (including phenoxy) is 1. The van der Waals surface area contributed by atoms with Gasteiger partial charge < -0.3 is 10.1 Å². The monoisotopic (exact) mass is 347 g/mol. The minimum absolute atomic E-state index is 0.0896. The number of carbonyl (C=O) groups excluding carboxylic acids is 2. The van der Waals surface area contributed by atoms with E-state index in [9.17, 15) is 25.0 Å². The molecule has 0 spiro atoms. The molecule has 0 saturated heterocycles. The van der Waals surface area contributed by atoms with Crippen molar-refractivity contribution in [1.82, 2.24) is 5.32 Å². The van der Waals surface area contributed by atoms with E-state index in [1.165, 1.54) is 18.2 Å². The molecule has 0 fully saturated rings. The predicted octanol–water partition coefficient (Wildman–Crippen LogP) is 1.70. The van der Waals surface area contributed by atoms with Gasteiger partial charge in [0.2, 0.25) is 5.91 Å². The third kappa shape index (κ3) is 2.96. The lowest BCUT2D eigenvalue weighted by molar-refractivity contribution is -0.385. The van der Waals surface area contributed by atoms with E-state index in [2.05, 4.69) is 10.1 Å². The molecule has 1 N–H and O–H groups in total. The van der Waals surface area contributed by atoms with Crippen LogP contribution in [-0.4, -0.2) is 30.2 Å². The van der Waals surface area contributed by atoms with Crippen molar-refractivity contribution in [2.45, 2.75) is 5.92 Å². The number of amides is 1. The number of para-hydroxylation sites is 1. The van der Waals surface area contributed by atoms with Crippen molar-refractivity contribution in [1.29, 1.82) is 5.26 Å². The molecule has 1 aromatic carbocycles. The summed E-state index contributed by atoms with van der Waals surface area (Å²) in [5.74, 6) is -3.97. The van der Waals surface area contributed by atoms with Crippen LogP contribution in [0.4, 0.5) is 5.69 Å². The Morgan fingerprint density at radius 2 is 2.12 bits per heavy atom. The zero-order valence-electron chi connectivity index (χ0n) is 12.8. The highest BCUT2D eigenvalue weighted by molar-refractivity contribution is 8.02. The van der Waals surface area contributed by atoms with Gasteiger partial charge in [0, 0.05) is 11.6 Å². The minimum Gasteiger partial charge on any atom is -0.468 e. The third-order valence-corrected chi connectivity index (χ3v) is 4.39. The second-order valence-electron chi connectivity index (χ2n) is 4.84. The van der Waals surface area contributed by atoms with Crippen LogP contribution in [0.25, 0.3) is 0 Å². The first-order chi connectivity index (χ1) is 11.5. The Morgan fingerprint density at radius 1 is 1.46 bits per heavy atom. The van der Waals surface area contributed by atoms with Crippen LogP contribution in [-0.2, 0) is 14.3 Å². The molecule has 2 atom stereocenters. The quantitative estimate of drug-likeness (QED) is 0.380. The normalized spacial score (nSPS) is 20.1. The number of benzene rings is 1. The van der Waals surface area contributed by atoms with Gasteiger partial charge in [-0.15, -0.1) is 11.8 Å². The lowest BCUT2D eigenvalue weighted by atomic mass is 9.78. The summed E-state index contributed by atoms with van der Waals surface area (Å²) in [6.07, 6.45) is 1.65. The first-order valence-electron chi connectivity index (χ1n) is 6.76. The highest BCUT2D eigenvalue weighted by Gasteiger charge is 2.46. The molecule has 1 aliphatic heterocycles. The number of nitrogens with zero attached hydrogens (tertiary/aromatic N) is 2. The standard InChI is InChI=1S/C15H13N3O5S/c1-23-15(20)12-11(8-5-3-4-6-10(8)18(21)22)9(7-16)14(24-2)17-13(12)19/h3-6,11-12H,1-2H3,(H,17,19)/t11-,12-/m0/s1. The predicted molar refractivity (Wildman–Crippen MR) is 85.6 cm³/mol. The van der Waals surface area contributed by atoms with Crippen LogP contribution in [0.15, 0.2) is 34.9 Å². The number of nitriles is 1. The molecule has 0 aromatic heterocycles. The molecule has 124 valence electrons. The third-order valence-electron chi connectivity index (χ3n) is 3.66. The van der Waals surface area contributed by atoms with Gasteiger partial charge in [-0.3, -0.25) is 19.7 Å². The molecule has 0 unspecified atom stereocenters. The number of esters is 1. The van der Waals surface area contributed by atoms with Crippen molar-refractivity contribution >= 4 is 29.3 Å². The number of rotatable bonds is 4. The van der Waals surface area contributed by atoms with E-state index in [1.807, 2.05) is 6.07 Å². The van der Waals surface area contributed by atoms with Gasteiger partial charge in [0.1, 0.15) is 5.92 Å². The van der Waals surface area contributed by atoms with E-state index in [0.29, 0.717) is 0 Å². The Morgan fingerprint density at radius 3 is 2.67 bits per heavy atom. The van der Waals surface area contributed by atoms with Crippen molar-refractivity contribution in [3.63, 3.8) is 0 Å². The average Bonchev–Trinajstić information content (AvgIpc) is 2.59. The van der Waals surface area contributed by atoms with Crippen molar-refractivity contribution in [3.8, 4) is 6.07 Å². The minimum atomic E-state index is -1.37. The highest BCUT2D eigenvalue weighted by Crippen LogP contribution is 2.42. The fraction of sp³-hybridized carbons (Fsp3) is 0.267. The summed E-state index contributed by atoms with van der Waals surface area (Å²) in [4.78, 5) is 35.2. The molecule has 1 aromatic rings. The van der Waals surface area contributed by atoms with Crippen LogP contribution in [0.5, 0.6) is 0 Å². The second kappa shape index (κ2) is 7.14. The smallest absolute Gasteiger partial charge is 0.319 e. The molecular formula is C15H13N3O5S. The fourth-order valence-electron chi connectivity index (χ4n) is 2.62. The van der Waals surface area contributed by atoms with Crippen molar-refractivity contribution in [3.05, 3.63) is 50.5 Å². The highest BCUT2D eigenvalue weighted by atomic mass is 32.2. The molecule has 9 heteroatoms. The maximum Gasteiger partial charge on any atom is 0.319 e. The molecule has 0 radical (unpaired) electrons. The average molecular weight is 347 g/mol. The SMILES string of the molecule is COC(=O)[C@@H]1C(=O)NC(SC)=C(C#N)[C@@H]1c1ccccc1[N+](=O)[O-]. The summed E-state index contributed by atoms with van der Waals surface area (Å²) in [7, 11) is 1.12. The van der Waals surface area contributed by atoms with Crippen LogP contribution in [0.3, 0.4) is 0 Å². The number of carbonyl (C=O) groups is 2. The van der Waals surface area contributed by atoms with E-state index in [4.69, 9.17) is 0 Å². The van der Waals surface area contributed by atoms with E-state index in [0.717, 1.165) is 18.9 Å². The Balaban J connectivity index is 2.76. The Labute approximate surface area is 141 Å². The number of nitro benzene ring substituents is 1. The van der Waals surface area contributed by atoms with Crippen LogP contribution in [0.1, 0.15) is 11.5 Å². The number of methoxy groups -OCH3 is 1. The Bertz CT molecular complexity index is 784. The topological polar surface area (TPSA) is 122 Å². The van der Waals surface area contributed by atoms with Gasteiger partial charge in [-0.2, -0.15) is 5.26 Å². The molecule has 24 heavy (non-hydrogen) atoms. The van der Waals surface area contributed by atoms with Gasteiger partial charge in [-0.05, 0) is 6.26 Å². The number of nitro groups is 1. The maximum absolute atomic E-state index is 12.4. The first kappa shape index (κ1) is 17.5. The number of allylic oxidation sites excluding steroid dienone is 1. The maximum atomic E-state index is 12.4. The van der Waals surface area contributed by atoms with Crippen LogP contribution in [0.2, 0.25) is 0 Å². The van der Waals surface area contributed by atoms with Crippen LogP contribution < -0.4 is 5.32 Å². The van der Waals surface area contributed by atoms with Gasteiger partial charge in [-0.1, -0.05) is 18.2 Å². The number of hydrogen-bond acceptors (Lipinski definition) is 7. The Hall–Kier alpha value is -2.86. The lowest BCUT2D eigenvalue weighted by Crippen LogP contribution is -2.44. The summed E-state index contributed by atoms with van der Waals surface area (Å²) in [5, 5.41) is 23.6. The summed E-state index contributed by atoms with van der Waals surface area (Å²) in [6.45, 7) is 0. The van der Waals surface area contributed by atoms with Gasteiger partial charge in [0.15, 0.2) is 0 Å². The van der Waals surface area contributed by atoms with E-state index >= 15 is 0 Å². The van der Waals surface area contributed by atoms with Gasteiger partial charge >= 0.3 is 5.97 Å². The van der Waals surface area contributed by atoms with Crippen LogP contribution >= 0.6 is 11.8 Å². The van der Waals surface area contributed by atoms with Crippen LogP contribution in [0, 0.1) is 27.4 Å². The molecule has 0 saturated carbocycles. The van der Waals surface area contributed by atoms with E-state index < -0.39 is 28.6 Å². The van der Waals surface area contributed by atoms with Gasteiger partial charge in [0.05, 0.1) is 34.6 Å². The molecule has 1 aliphatic rings. The summed E-state index contributed by atoms with van der Waals surface area (Å²) in [6, 6.07) is 7.70. The molecule has 2 rings (SSSR count). The number of thioether (sulfide) groups is 1. The molecule has 0 aliphatic carbocycles. The van der Waals surface area contributed by atoms with Gasteiger partial charge in [0.25, 0.3) is 5.69 Å². The van der Waals surface area contributed by atoms with Crippen molar-refractivity contribution in [2.24, 2.45) is 5.92 Å². The lowest BCUT2D eigenvalue weighted by Gasteiger charge is -2.30. The fourth-order valence-corrected chi connectivity index (χ4v) is 3.21. The summed E-state index contributed by atoms with van der Waals surface area (Å²) in [5.41, 5.74) is -0.0537. The molecule has 1 heterocycles. The molecular weight excluding hydrogens is 334 g/mol. The van der Waals surface area contributed by atoms with E-state index in [-0.39, 0.29) is 21.9 Å². The second-order valence-corrected chi connectivity index (χ2v) is 5.66. The number of hydrogen-bond donors (Lipinski definition) is 1. The first-order valence-corrected chi connectivity index (χ1v) is 7.99. The largest absolute Gasteiger partial charge is 0.468 e. The number of nitrogens with one attached hydrogen (secondary N) is 1. The zero-order chi connectivity index (χ0) is 17.9. The molecule has 8 nitrogen and oxygen atoms in total.